The number of halogens is 4. The SMILES string of the molecule is COc1cc(Br)cc(Br)c1OCC(=O)NN=Cc1cc(Cl)cc(Br)c1O. The number of carbonyl (C=O) groups excluding carboxylic acids is 1. The second kappa shape index (κ2) is 9.59. The van der Waals surface area contributed by atoms with E-state index in [1.165, 1.54) is 19.4 Å². The van der Waals surface area contributed by atoms with E-state index >= 15 is 0 Å². The van der Waals surface area contributed by atoms with Crippen LogP contribution in [0.2, 0.25) is 5.02 Å². The molecule has 0 aliphatic heterocycles. The molecule has 0 atom stereocenters. The number of phenolic OH excluding ortho intramolecular Hbond substituents is 1. The molecular weight excluding hydrogens is 559 g/mol. The van der Waals surface area contributed by atoms with Gasteiger partial charge in [-0.05, 0) is 56.1 Å². The van der Waals surface area contributed by atoms with Crippen LogP contribution in [0.1, 0.15) is 5.56 Å². The minimum absolute atomic E-state index is 0.0350. The van der Waals surface area contributed by atoms with Crippen molar-refractivity contribution in [1.29, 1.82) is 0 Å². The average Bonchev–Trinajstić information content (AvgIpc) is 2.57. The number of nitrogens with one attached hydrogen (secondary N) is 1. The van der Waals surface area contributed by atoms with Crippen LogP contribution in [0.5, 0.6) is 17.2 Å². The smallest absolute Gasteiger partial charge is 0.277 e. The normalized spacial score (nSPS) is 10.8. The number of hydrazone groups is 1. The molecule has 2 aromatic carbocycles. The van der Waals surface area contributed by atoms with Crippen LogP contribution in [0, 0.1) is 0 Å². The molecule has 10 heteroatoms. The standard InChI is InChI=1S/C16H12Br3ClN2O4/c1-25-13-4-9(17)3-12(19)16(13)26-7-14(23)22-21-6-8-2-10(20)5-11(18)15(8)24/h2-6,24H,7H2,1H3,(H,22,23). The topological polar surface area (TPSA) is 80.2 Å². The molecule has 2 rings (SSSR count). The predicted octanol–water partition coefficient (Wildman–Crippen LogP) is 4.87. The molecule has 1 amide bonds. The summed E-state index contributed by atoms with van der Waals surface area (Å²) in [6, 6.07) is 6.55. The molecule has 0 fully saturated rings. The number of aromatic hydroxyl groups is 1. The van der Waals surface area contributed by atoms with E-state index in [-0.39, 0.29) is 12.4 Å². The maximum Gasteiger partial charge on any atom is 0.277 e. The molecule has 138 valence electrons. The lowest BCUT2D eigenvalue weighted by atomic mass is 10.2. The average molecular weight is 571 g/mol. The van der Waals surface area contributed by atoms with Crippen molar-refractivity contribution < 1.29 is 19.4 Å². The summed E-state index contributed by atoms with van der Waals surface area (Å²) in [7, 11) is 1.50. The molecule has 0 saturated carbocycles. The summed E-state index contributed by atoms with van der Waals surface area (Å²) in [6.07, 6.45) is 1.28. The first-order valence-corrected chi connectivity index (χ1v) is 9.73. The fourth-order valence-electron chi connectivity index (χ4n) is 1.86. The Kier molecular flexibility index (Phi) is 7.75. The quantitative estimate of drug-likeness (QED) is 0.383. The summed E-state index contributed by atoms with van der Waals surface area (Å²) < 4.78 is 12.6. The highest BCUT2D eigenvalue weighted by molar-refractivity contribution is 9.11. The molecule has 0 bridgehead atoms. The number of rotatable bonds is 6. The molecule has 2 N–H and O–H groups in total. The van der Waals surface area contributed by atoms with Gasteiger partial charge in [0.05, 0.1) is 22.3 Å². The van der Waals surface area contributed by atoms with Gasteiger partial charge in [0.15, 0.2) is 18.1 Å². The van der Waals surface area contributed by atoms with Gasteiger partial charge in [-0.25, -0.2) is 5.43 Å². The van der Waals surface area contributed by atoms with Crippen LogP contribution >= 0.6 is 59.4 Å². The van der Waals surface area contributed by atoms with E-state index in [0.717, 1.165) is 4.47 Å². The molecule has 0 saturated heterocycles. The third-order valence-corrected chi connectivity index (χ3v) is 4.86. The van der Waals surface area contributed by atoms with E-state index in [1.807, 2.05) is 0 Å². The Balaban J connectivity index is 1.98. The van der Waals surface area contributed by atoms with Crippen molar-refractivity contribution in [2.75, 3.05) is 13.7 Å². The molecule has 26 heavy (non-hydrogen) atoms. The molecule has 0 aliphatic rings. The molecule has 6 nitrogen and oxygen atoms in total. The number of carbonyl (C=O) groups is 1. The van der Waals surface area contributed by atoms with Gasteiger partial charge >= 0.3 is 0 Å². The molecule has 0 heterocycles. The number of hydrogen-bond donors (Lipinski definition) is 2. The highest BCUT2D eigenvalue weighted by Gasteiger charge is 2.13. The maximum absolute atomic E-state index is 11.9. The van der Waals surface area contributed by atoms with Gasteiger partial charge in [-0.15, -0.1) is 0 Å². The number of nitrogens with zero attached hydrogens (tertiary/aromatic N) is 1. The van der Waals surface area contributed by atoms with Crippen LogP contribution in [-0.2, 0) is 4.79 Å². The van der Waals surface area contributed by atoms with E-state index in [1.54, 1.807) is 18.2 Å². The molecular formula is C16H12Br3ClN2O4. The molecule has 2 aromatic rings. The first-order chi connectivity index (χ1) is 12.3. The van der Waals surface area contributed by atoms with E-state index in [4.69, 9.17) is 21.1 Å². The first kappa shape index (κ1) is 21.0. The number of benzene rings is 2. The Hall–Kier alpha value is -1.29. The van der Waals surface area contributed by atoms with Crippen LogP contribution in [0.15, 0.2) is 42.8 Å². The Morgan fingerprint density at radius 2 is 2.00 bits per heavy atom. The fourth-order valence-corrected chi connectivity index (χ4v) is 3.99. The minimum Gasteiger partial charge on any atom is -0.506 e. The first-order valence-electron chi connectivity index (χ1n) is 6.97. The van der Waals surface area contributed by atoms with Crippen molar-refractivity contribution in [1.82, 2.24) is 5.43 Å². The number of ether oxygens (including phenoxy) is 2. The molecule has 0 aliphatic carbocycles. The number of methoxy groups -OCH3 is 1. The van der Waals surface area contributed by atoms with Crippen molar-refractivity contribution in [3.63, 3.8) is 0 Å². The molecule has 0 aromatic heterocycles. The summed E-state index contributed by atoms with van der Waals surface area (Å²) in [5.74, 6) is 0.341. The van der Waals surface area contributed by atoms with Crippen LogP contribution in [0.4, 0.5) is 0 Å². The summed E-state index contributed by atoms with van der Waals surface area (Å²) in [4.78, 5) is 11.9. The lowest BCUT2D eigenvalue weighted by Gasteiger charge is -2.12. The minimum atomic E-state index is -0.487. The van der Waals surface area contributed by atoms with Crippen LogP contribution < -0.4 is 14.9 Å². The summed E-state index contributed by atoms with van der Waals surface area (Å²) in [5, 5.41) is 14.1. The largest absolute Gasteiger partial charge is 0.506 e. The van der Waals surface area contributed by atoms with Crippen molar-refractivity contribution in [3.05, 3.63) is 48.3 Å². The van der Waals surface area contributed by atoms with Gasteiger partial charge in [0.25, 0.3) is 5.91 Å². The van der Waals surface area contributed by atoms with Gasteiger partial charge in [0.1, 0.15) is 5.75 Å². The van der Waals surface area contributed by atoms with Crippen molar-refractivity contribution in [2.24, 2.45) is 5.10 Å². The molecule has 0 spiro atoms. The third kappa shape index (κ3) is 5.60. The third-order valence-electron chi connectivity index (χ3n) is 2.99. The van der Waals surface area contributed by atoms with Gasteiger partial charge in [0, 0.05) is 15.1 Å². The monoisotopic (exact) mass is 568 g/mol. The summed E-state index contributed by atoms with van der Waals surface area (Å²) in [5.41, 5.74) is 2.66. The second-order valence-electron chi connectivity index (χ2n) is 4.83. The van der Waals surface area contributed by atoms with Gasteiger partial charge in [0.2, 0.25) is 0 Å². The van der Waals surface area contributed by atoms with Gasteiger partial charge in [-0.1, -0.05) is 27.5 Å². The lowest BCUT2D eigenvalue weighted by Crippen LogP contribution is -2.24. The fraction of sp³-hybridized carbons (Fsp3) is 0.125. The van der Waals surface area contributed by atoms with E-state index < -0.39 is 5.91 Å². The van der Waals surface area contributed by atoms with Gasteiger partial charge in [-0.3, -0.25) is 4.79 Å². The van der Waals surface area contributed by atoms with Crippen LogP contribution in [-0.4, -0.2) is 30.9 Å². The highest BCUT2D eigenvalue weighted by atomic mass is 79.9. The van der Waals surface area contributed by atoms with E-state index in [9.17, 15) is 9.90 Å². The van der Waals surface area contributed by atoms with Gasteiger partial charge in [-0.2, -0.15) is 5.10 Å². The molecule has 0 unspecified atom stereocenters. The summed E-state index contributed by atoms with van der Waals surface area (Å²) in [6.45, 7) is -0.279. The van der Waals surface area contributed by atoms with Crippen LogP contribution in [0.3, 0.4) is 0 Å². The van der Waals surface area contributed by atoms with Crippen molar-refractivity contribution >= 4 is 71.5 Å². The zero-order valence-electron chi connectivity index (χ0n) is 13.2. The van der Waals surface area contributed by atoms with E-state index in [2.05, 4.69) is 58.3 Å². The molecule has 0 radical (unpaired) electrons. The Morgan fingerprint density at radius 3 is 2.69 bits per heavy atom. The predicted molar refractivity (Wildman–Crippen MR) is 110 cm³/mol. The van der Waals surface area contributed by atoms with Gasteiger partial charge < -0.3 is 14.6 Å². The number of phenols is 1. The highest BCUT2D eigenvalue weighted by Crippen LogP contribution is 2.38. The second-order valence-corrected chi connectivity index (χ2v) is 7.89. The van der Waals surface area contributed by atoms with E-state index in [0.29, 0.717) is 31.0 Å². The Morgan fingerprint density at radius 1 is 1.27 bits per heavy atom. The summed E-state index contributed by atoms with van der Waals surface area (Å²) >= 11 is 15.8. The number of hydrogen-bond acceptors (Lipinski definition) is 5. The zero-order valence-corrected chi connectivity index (χ0v) is 18.7. The zero-order chi connectivity index (χ0) is 19.3. The van der Waals surface area contributed by atoms with Crippen molar-refractivity contribution in [2.45, 2.75) is 0 Å². The Bertz CT molecular complexity index is 862. The maximum atomic E-state index is 11.9. The van der Waals surface area contributed by atoms with Crippen LogP contribution in [0.25, 0.3) is 0 Å². The van der Waals surface area contributed by atoms with Crippen molar-refractivity contribution in [3.8, 4) is 17.2 Å². The lowest BCUT2D eigenvalue weighted by molar-refractivity contribution is -0.123. The Labute approximate surface area is 179 Å². The number of amides is 1.